The zero-order chi connectivity index (χ0) is 16.1. The van der Waals surface area contributed by atoms with Gasteiger partial charge in [0.25, 0.3) is 11.8 Å². The lowest BCUT2D eigenvalue weighted by atomic mass is 10.2. The molecule has 8 heteroatoms. The van der Waals surface area contributed by atoms with Gasteiger partial charge in [-0.2, -0.15) is 0 Å². The van der Waals surface area contributed by atoms with E-state index in [1.165, 1.54) is 20.3 Å². The van der Waals surface area contributed by atoms with Gasteiger partial charge >= 0.3 is 0 Å². The molecule has 0 atom stereocenters. The molecular formula is C14H14BrN3O4. The molecule has 2 rings (SSSR count). The van der Waals surface area contributed by atoms with Crippen LogP contribution in [0.25, 0.3) is 0 Å². The van der Waals surface area contributed by atoms with Gasteiger partial charge in [-0.3, -0.25) is 20.4 Å². The highest BCUT2D eigenvalue weighted by Gasteiger charge is 2.13. The number of carbonyl (C=O) groups is 2. The standard InChI is InChI=1S/C14H14BrN3O4/c1-21-11-4-3-8(5-12(11)22-2)13(19)17-18-14(20)10-6-9(15)7-16-10/h3-7,16H,1-2H3,(H,17,19)(H,18,20). The molecule has 1 heterocycles. The van der Waals surface area contributed by atoms with Crippen molar-refractivity contribution in [3.05, 3.63) is 46.2 Å². The first kappa shape index (κ1) is 15.9. The Bertz CT molecular complexity index is 699. The number of carbonyl (C=O) groups excluding carboxylic acids is 2. The summed E-state index contributed by atoms with van der Waals surface area (Å²) in [5.41, 5.74) is 5.28. The Balaban J connectivity index is 2.02. The van der Waals surface area contributed by atoms with Crippen LogP contribution in [0.3, 0.4) is 0 Å². The second-order valence-electron chi connectivity index (χ2n) is 4.21. The summed E-state index contributed by atoms with van der Waals surface area (Å²) in [5, 5.41) is 0. The molecule has 0 aliphatic heterocycles. The normalized spacial score (nSPS) is 9.95. The summed E-state index contributed by atoms with van der Waals surface area (Å²) in [5.74, 6) is 0.00791. The van der Waals surface area contributed by atoms with E-state index < -0.39 is 11.8 Å². The number of ether oxygens (including phenoxy) is 2. The summed E-state index contributed by atoms with van der Waals surface area (Å²) in [6.45, 7) is 0. The fourth-order valence-electron chi connectivity index (χ4n) is 1.73. The summed E-state index contributed by atoms with van der Waals surface area (Å²) in [6.07, 6.45) is 1.62. The Morgan fingerprint density at radius 3 is 2.32 bits per heavy atom. The van der Waals surface area contributed by atoms with Gasteiger partial charge in [0.2, 0.25) is 0 Å². The Hall–Kier alpha value is -2.48. The van der Waals surface area contributed by atoms with E-state index in [4.69, 9.17) is 9.47 Å². The van der Waals surface area contributed by atoms with Crippen molar-refractivity contribution in [2.24, 2.45) is 0 Å². The van der Waals surface area contributed by atoms with E-state index in [2.05, 4.69) is 31.8 Å². The number of hydrogen-bond acceptors (Lipinski definition) is 4. The lowest BCUT2D eigenvalue weighted by molar-refractivity contribution is 0.0844. The molecule has 2 aromatic rings. The van der Waals surface area contributed by atoms with Crippen LogP contribution < -0.4 is 20.3 Å². The van der Waals surface area contributed by atoms with Crippen molar-refractivity contribution in [2.75, 3.05) is 14.2 Å². The summed E-state index contributed by atoms with van der Waals surface area (Å²) >= 11 is 3.22. The van der Waals surface area contributed by atoms with Crippen LogP contribution in [0.15, 0.2) is 34.9 Å². The van der Waals surface area contributed by atoms with Crippen LogP contribution >= 0.6 is 15.9 Å². The van der Waals surface area contributed by atoms with Crippen LogP contribution in [0.5, 0.6) is 11.5 Å². The molecule has 0 bridgehead atoms. The van der Waals surface area contributed by atoms with Crippen molar-refractivity contribution in [3.8, 4) is 11.5 Å². The van der Waals surface area contributed by atoms with Gasteiger partial charge in [0.15, 0.2) is 11.5 Å². The summed E-state index contributed by atoms with van der Waals surface area (Å²) in [4.78, 5) is 26.6. The zero-order valence-corrected chi connectivity index (χ0v) is 13.5. The average molecular weight is 368 g/mol. The predicted octanol–water partition coefficient (Wildman–Crippen LogP) is 1.87. The van der Waals surface area contributed by atoms with Crippen molar-refractivity contribution in [1.29, 1.82) is 0 Å². The molecule has 22 heavy (non-hydrogen) atoms. The topological polar surface area (TPSA) is 92.5 Å². The highest BCUT2D eigenvalue weighted by atomic mass is 79.9. The van der Waals surface area contributed by atoms with Gasteiger partial charge in [-0.15, -0.1) is 0 Å². The number of methoxy groups -OCH3 is 2. The molecule has 0 radical (unpaired) electrons. The van der Waals surface area contributed by atoms with E-state index in [-0.39, 0.29) is 0 Å². The van der Waals surface area contributed by atoms with Gasteiger partial charge in [-0.05, 0) is 40.2 Å². The third-order valence-electron chi connectivity index (χ3n) is 2.83. The minimum atomic E-state index is -0.472. The number of hydrazine groups is 1. The van der Waals surface area contributed by atoms with Crippen LogP contribution in [-0.4, -0.2) is 31.0 Å². The van der Waals surface area contributed by atoms with Crippen molar-refractivity contribution in [3.63, 3.8) is 0 Å². The predicted molar refractivity (Wildman–Crippen MR) is 83.0 cm³/mol. The van der Waals surface area contributed by atoms with E-state index in [0.717, 1.165) is 4.47 Å². The van der Waals surface area contributed by atoms with Crippen LogP contribution in [0, 0.1) is 0 Å². The van der Waals surface area contributed by atoms with E-state index in [9.17, 15) is 9.59 Å². The van der Waals surface area contributed by atoms with Gasteiger partial charge in [-0.1, -0.05) is 0 Å². The Labute approximate surface area is 135 Å². The second kappa shape index (κ2) is 6.99. The largest absolute Gasteiger partial charge is 0.493 e. The van der Waals surface area contributed by atoms with Crippen LogP contribution in [0.2, 0.25) is 0 Å². The molecule has 3 N–H and O–H groups in total. The minimum absolute atomic E-state index is 0.319. The maximum absolute atomic E-state index is 12.0. The first-order valence-corrected chi connectivity index (χ1v) is 7.01. The van der Waals surface area contributed by atoms with Crippen molar-refractivity contribution in [1.82, 2.24) is 15.8 Å². The number of hydrogen-bond donors (Lipinski definition) is 3. The van der Waals surface area contributed by atoms with Crippen molar-refractivity contribution >= 4 is 27.7 Å². The van der Waals surface area contributed by atoms with E-state index in [1.54, 1.807) is 24.4 Å². The molecule has 0 aliphatic carbocycles. The molecule has 0 spiro atoms. The van der Waals surface area contributed by atoms with Gasteiger partial charge in [0.05, 0.1) is 14.2 Å². The monoisotopic (exact) mass is 367 g/mol. The SMILES string of the molecule is COc1ccc(C(=O)NNC(=O)c2cc(Br)c[nH]2)cc1OC. The highest BCUT2D eigenvalue weighted by molar-refractivity contribution is 9.10. The van der Waals surface area contributed by atoms with Crippen LogP contribution in [-0.2, 0) is 0 Å². The lowest BCUT2D eigenvalue weighted by Gasteiger charge is -2.10. The summed E-state index contributed by atoms with van der Waals surface area (Å²) < 4.78 is 11.0. The molecule has 116 valence electrons. The molecule has 1 aromatic carbocycles. The third kappa shape index (κ3) is 3.59. The van der Waals surface area contributed by atoms with Gasteiger partial charge in [0, 0.05) is 16.2 Å². The fourth-order valence-corrected chi connectivity index (χ4v) is 2.07. The van der Waals surface area contributed by atoms with E-state index in [0.29, 0.717) is 22.8 Å². The molecular weight excluding hydrogens is 354 g/mol. The molecule has 0 fully saturated rings. The Morgan fingerprint density at radius 1 is 1.05 bits per heavy atom. The quantitative estimate of drug-likeness (QED) is 0.719. The zero-order valence-electron chi connectivity index (χ0n) is 11.9. The highest BCUT2D eigenvalue weighted by Crippen LogP contribution is 2.27. The number of rotatable bonds is 4. The maximum atomic E-state index is 12.0. The first-order chi connectivity index (χ1) is 10.5. The number of aromatic nitrogens is 1. The number of aromatic amines is 1. The van der Waals surface area contributed by atoms with Crippen molar-refractivity contribution in [2.45, 2.75) is 0 Å². The van der Waals surface area contributed by atoms with E-state index >= 15 is 0 Å². The number of benzene rings is 1. The van der Waals surface area contributed by atoms with Gasteiger partial charge < -0.3 is 14.5 Å². The number of amides is 2. The van der Waals surface area contributed by atoms with Crippen molar-refractivity contribution < 1.29 is 19.1 Å². The molecule has 0 saturated heterocycles. The Kier molecular flexibility index (Phi) is 5.05. The van der Waals surface area contributed by atoms with Crippen LogP contribution in [0.1, 0.15) is 20.8 Å². The molecule has 0 aliphatic rings. The van der Waals surface area contributed by atoms with Gasteiger partial charge in [-0.25, -0.2) is 0 Å². The molecule has 0 unspecified atom stereocenters. The summed E-state index contributed by atoms with van der Waals surface area (Å²) in [7, 11) is 2.98. The molecule has 1 aromatic heterocycles. The Morgan fingerprint density at radius 2 is 1.73 bits per heavy atom. The van der Waals surface area contributed by atoms with E-state index in [1.807, 2.05) is 0 Å². The first-order valence-electron chi connectivity index (χ1n) is 6.21. The molecule has 0 saturated carbocycles. The summed E-state index contributed by atoms with van der Waals surface area (Å²) in [6, 6.07) is 6.29. The number of H-pyrrole nitrogens is 1. The third-order valence-corrected chi connectivity index (χ3v) is 3.29. The average Bonchev–Trinajstić information content (AvgIpc) is 2.98. The second-order valence-corrected chi connectivity index (χ2v) is 5.13. The van der Waals surface area contributed by atoms with Gasteiger partial charge in [0.1, 0.15) is 5.69 Å². The number of halogens is 1. The molecule has 7 nitrogen and oxygen atoms in total. The van der Waals surface area contributed by atoms with Crippen LogP contribution in [0.4, 0.5) is 0 Å². The maximum Gasteiger partial charge on any atom is 0.286 e. The number of nitrogens with one attached hydrogen (secondary N) is 3. The fraction of sp³-hybridized carbons (Fsp3) is 0.143. The lowest BCUT2D eigenvalue weighted by Crippen LogP contribution is -2.41. The molecule has 2 amide bonds. The smallest absolute Gasteiger partial charge is 0.286 e. The minimum Gasteiger partial charge on any atom is -0.493 e.